The minimum absolute atomic E-state index is 0.0774. The van der Waals surface area contributed by atoms with Crippen molar-refractivity contribution in [2.75, 3.05) is 26.7 Å². The monoisotopic (exact) mass is 312 g/mol. The molecule has 1 N–H and O–H groups in total. The first-order valence-electron chi connectivity index (χ1n) is 8.01. The highest BCUT2D eigenvalue weighted by atomic mass is 35.5. The smallest absolute Gasteiger partial charge is 0.129 e. The van der Waals surface area contributed by atoms with Crippen LogP contribution in [0.2, 0.25) is 5.02 Å². The summed E-state index contributed by atoms with van der Waals surface area (Å²) in [7, 11) is 1.97. The molecule has 0 spiro atoms. The van der Waals surface area contributed by atoms with E-state index in [4.69, 9.17) is 11.6 Å². The molecule has 4 heteroatoms. The van der Waals surface area contributed by atoms with Crippen LogP contribution in [0.5, 0.6) is 0 Å². The average Bonchev–Trinajstić information content (AvgIpc) is 2.64. The molecule has 0 radical (unpaired) electrons. The van der Waals surface area contributed by atoms with Crippen molar-refractivity contribution in [3.8, 4) is 0 Å². The van der Waals surface area contributed by atoms with Gasteiger partial charge in [0.15, 0.2) is 0 Å². The van der Waals surface area contributed by atoms with Crippen molar-refractivity contribution in [1.29, 1.82) is 0 Å². The topological polar surface area (TPSA) is 15.3 Å². The predicted molar refractivity (Wildman–Crippen MR) is 87.3 cm³/mol. The van der Waals surface area contributed by atoms with Crippen LogP contribution in [0.3, 0.4) is 0 Å². The molecule has 0 aromatic heterocycles. The first-order chi connectivity index (χ1) is 10.2. The van der Waals surface area contributed by atoms with Gasteiger partial charge in [0.2, 0.25) is 0 Å². The van der Waals surface area contributed by atoms with E-state index in [0.29, 0.717) is 16.5 Å². The van der Waals surface area contributed by atoms with Gasteiger partial charge in [-0.15, -0.1) is 0 Å². The van der Waals surface area contributed by atoms with Crippen LogP contribution in [0.25, 0.3) is 0 Å². The van der Waals surface area contributed by atoms with E-state index in [1.807, 2.05) is 13.1 Å². The molecule has 2 unspecified atom stereocenters. The summed E-state index contributed by atoms with van der Waals surface area (Å²) in [4.78, 5) is 2.43. The number of hydrogen-bond acceptors (Lipinski definition) is 2. The molecule has 1 fully saturated rings. The van der Waals surface area contributed by atoms with Gasteiger partial charge in [-0.05, 0) is 64.0 Å². The molecule has 21 heavy (non-hydrogen) atoms. The van der Waals surface area contributed by atoms with Crippen molar-refractivity contribution in [2.24, 2.45) is 5.92 Å². The summed E-state index contributed by atoms with van der Waals surface area (Å²) in [5.74, 6) is 0.232. The molecule has 2 atom stereocenters. The lowest BCUT2D eigenvalue weighted by Crippen LogP contribution is -2.37. The van der Waals surface area contributed by atoms with Crippen LogP contribution in [0.4, 0.5) is 4.39 Å². The molecule has 0 aliphatic carbocycles. The molecule has 1 heterocycles. The molecule has 2 nitrogen and oxygen atoms in total. The fourth-order valence-corrected chi connectivity index (χ4v) is 3.82. The van der Waals surface area contributed by atoms with Crippen molar-refractivity contribution < 1.29 is 4.39 Å². The quantitative estimate of drug-likeness (QED) is 0.874. The molecule has 1 aliphatic heterocycles. The summed E-state index contributed by atoms with van der Waals surface area (Å²) in [5, 5.41) is 3.83. The van der Waals surface area contributed by atoms with E-state index in [2.05, 4.69) is 17.1 Å². The number of halogens is 2. The summed E-state index contributed by atoms with van der Waals surface area (Å²) in [5.41, 5.74) is 0.690. The van der Waals surface area contributed by atoms with Crippen LogP contribution in [0, 0.1) is 11.7 Å². The van der Waals surface area contributed by atoms with Gasteiger partial charge in [0.25, 0.3) is 0 Å². The van der Waals surface area contributed by atoms with E-state index in [-0.39, 0.29) is 11.9 Å². The molecule has 118 valence electrons. The van der Waals surface area contributed by atoms with Crippen molar-refractivity contribution in [1.82, 2.24) is 10.2 Å². The van der Waals surface area contributed by atoms with Gasteiger partial charge in [0.05, 0.1) is 0 Å². The van der Waals surface area contributed by atoms with Crippen LogP contribution in [0.15, 0.2) is 18.2 Å². The zero-order chi connectivity index (χ0) is 15.2. The van der Waals surface area contributed by atoms with Gasteiger partial charge in [-0.3, -0.25) is 4.90 Å². The second-order valence-electron chi connectivity index (χ2n) is 5.93. The maximum absolute atomic E-state index is 14.5. The first kappa shape index (κ1) is 16.7. The van der Waals surface area contributed by atoms with Crippen LogP contribution >= 0.6 is 11.6 Å². The third-order valence-electron chi connectivity index (χ3n) is 4.38. The highest BCUT2D eigenvalue weighted by molar-refractivity contribution is 6.31. The van der Waals surface area contributed by atoms with Crippen molar-refractivity contribution in [2.45, 2.75) is 38.6 Å². The molecule has 1 saturated heterocycles. The standard InChI is InChI=1S/C17H26ClFN2/c1-3-10-21-11-5-4-7-13(12-20-2)17(21)16-14(18)8-6-9-15(16)19/h6,8-9,13,17,20H,3-5,7,10-12H2,1-2H3. The van der Waals surface area contributed by atoms with Crippen molar-refractivity contribution in [3.05, 3.63) is 34.6 Å². The molecular weight excluding hydrogens is 287 g/mol. The summed E-state index contributed by atoms with van der Waals surface area (Å²) < 4.78 is 14.5. The lowest BCUT2D eigenvalue weighted by Gasteiger charge is -2.36. The predicted octanol–water partition coefficient (Wildman–Crippen LogP) is 4.25. The Morgan fingerprint density at radius 2 is 2.19 bits per heavy atom. The molecule has 0 saturated carbocycles. The summed E-state index contributed by atoms with van der Waals surface area (Å²) >= 11 is 6.36. The summed E-state index contributed by atoms with van der Waals surface area (Å²) in [6, 6.07) is 5.11. The van der Waals surface area contributed by atoms with Gasteiger partial charge in [-0.2, -0.15) is 0 Å². The van der Waals surface area contributed by atoms with E-state index in [1.54, 1.807) is 6.07 Å². The van der Waals surface area contributed by atoms with Crippen molar-refractivity contribution >= 4 is 11.6 Å². The summed E-state index contributed by atoms with van der Waals surface area (Å²) in [6.07, 6.45) is 4.59. The third kappa shape index (κ3) is 3.97. The SMILES string of the molecule is CCCN1CCCCC(CNC)C1c1c(F)cccc1Cl. The Labute approximate surface area is 132 Å². The van der Waals surface area contributed by atoms with Crippen LogP contribution in [0.1, 0.15) is 44.2 Å². The molecule has 0 bridgehead atoms. The second kappa shape index (κ2) is 8.11. The maximum Gasteiger partial charge on any atom is 0.129 e. The molecule has 1 aromatic rings. The van der Waals surface area contributed by atoms with E-state index >= 15 is 0 Å². The second-order valence-corrected chi connectivity index (χ2v) is 6.34. The first-order valence-corrected chi connectivity index (χ1v) is 8.39. The lowest BCUT2D eigenvalue weighted by molar-refractivity contribution is 0.151. The van der Waals surface area contributed by atoms with Gasteiger partial charge in [-0.1, -0.05) is 31.0 Å². The van der Waals surface area contributed by atoms with Crippen LogP contribution in [-0.2, 0) is 0 Å². The van der Waals surface area contributed by atoms with Crippen molar-refractivity contribution in [3.63, 3.8) is 0 Å². The normalized spacial score (nSPS) is 24.0. The zero-order valence-corrected chi connectivity index (χ0v) is 13.8. The highest BCUT2D eigenvalue weighted by Crippen LogP contribution is 2.39. The van der Waals surface area contributed by atoms with Crippen LogP contribution < -0.4 is 5.32 Å². The Morgan fingerprint density at radius 1 is 1.38 bits per heavy atom. The van der Waals surface area contributed by atoms with E-state index in [1.165, 1.54) is 18.9 Å². The van der Waals surface area contributed by atoms with Gasteiger partial charge in [0, 0.05) is 16.6 Å². The number of likely N-dealkylation sites (tertiary alicyclic amines) is 1. The fourth-order valence-electron chi connectivity index (χ4n) is 3.54. The largest absolute Gasteiger partial charge is 0.319 e. The minimum atomic E-state index is -0.170. The Morgan fingerprint density at radius 3 is 2.86 bits per heavy atom. The third-order valence-corrected chi connectivity index (χ3v) is 4.71. The Balaban J connectivity index is 2.42. The van der Waals surface area contributed by atoms with Crippen LogP contribution in [-0.4, -0.2) is 31.6 Å². The highest BCUT2D eigenvalue weighted by Gasteiger charge is 2.33. The number of benzene rings is 1. The van der Waals surface area contributed by atoms with E-state index < -0.39 is 0 Å². The Hall–Kier alpha value is -0.640. The van der Waals surface area contributed by atoms with Gasteiger partial charge >= 0.3 is 0 Å². The maximum atomic E-state index is 14.5. The molecule has 1 aromatic carbocycles. The number of rotatable bonds is 5. The lowest BCUT2D eigenvalue weighted by atomic mass is 9.88. The Kier molecular flexibility index (Phi) is 6.46. The van der Waals surface area contributed by atoms with E-state index in [0.717, 1.165) is 32.5 Å². The van der Waals surface area contributed by atoms with Gasteiger partial charge in [-0.25, -0.2) is 4.39 Å². The summed E-state index contributed by atoms with van der Waals surface area (Å²) in [6.45, 7) is 5.10. The van der Waals surface area contributed by atoms with Gasteiger partial charge < -0.3 is 5.32 Å². The fraction of sp³-hybridized carbons (Fsp3) is 0.647. The Bertz CT molecular complexity index is 416. The molecule has 0 amide bonds. The number of hydrogen-bond donors (Lipinski definition) is 1. The number of nitrogens with zero attached hydrogens (tertiary/aromatic N) is 1. The van der Waals surface area contributed by atoms with Gasteiger partial charge in [0.1, 0.15) is 5.82 Å². The minimum Gasteiger partial charge on any atom is -0.319 e. The number of nitrogens with one attached hydrogen (secondary N) is 1. The molecule has 1 aliphatic rings. The van der Waals surface area contributed by atoms with E-state index in [9.17, 15) is 4.39 Å². The average molecular weight is 313 g/mol. The molecular formula is C17H26ClFN2. The molecule has 2 rings (SSSR count). The zero-order valence-electron chi connectivity index (χ0n) is 13.0.